The fourth-order valence-electron chi connectivity index (χ4n) is 1.57. The third-order valence-electron chi connectivity index (χ3n) is 2.53. The second kappa shape index (κ2) is 6.08. The van der Waals surface area contributed by atoms with Gasteiger partial charge in [0.1, 0.15) is 6.61 Å². The van der Waals surface area contributed by atoms with Gasteiger partial charge in [-0.25, -0.2) is 4.79 Å². The van der Waals surface area contributed by atoms with Crippen LogP contribution < -0.4 is 5.73 Å². The minimum atomic E-state index is -0.459. The number of hydrogen-bond acceptors (Lipinski definition) is 3. The lowest BCUT2D eigenvalue weighted by Gasteiger charge is -2.08. The van der Waals surface area contributed by atoms with Crippen molar-refractivity contribution < 1.29 is 9.53 Å². The summed E-state index contributed by atoms with van der Waals surface area (Å²) in [6.07, 6.45) is 0. The Kier molecular flexibility index (Phi) is 4.45. The molecule has 0 aliphatic carbocycles. The van der Waals surface area contributed by atoms with E-state index in [9.17, 15) is 4.79 Å². The van der Waals surface area contributed by atoms with E-state index in [0.717, 1.165) is 5.56 Å². The number of nitrogen functional groups attached to an aromatic ring is 1. The Morgan fingerprint density at radius 2 is 2.00 bits per heavy atom. The third kappa shape index (κ3) is 3.49. The number of benzene rings is 2. The zero-order valence-corrected chi connectivity index (χ0v) is 12.2. The molecular formula is C14H11BrClNO2. The third-order valence-corrected chi connectivity index (χ3v) is 3.46. The molecule has 0 saturated heterocycles. The Morgan fingerprint density at radius 3 is 2.74 bits per heavy atom. The molecule has 3 nitrogen and oxygen atoms in total. The van der Waals surface area contributed by atoms with E-state index in [0.29, 0.717) is 20.7 Å². The number of anilines is 1. The summed E-state index contributed by atoms with van der Waals surface area (Å²) in [5, 5.41) is 0.607. The van der Waals surface area contributed by atoms with Gasteiger partial charge in [0.05, 0.1) is 11.3 Å². The van der Waals surface area contributed by atoms with Crippen molar-refractivity contribution in [3.8, 4) is 0 Å². The molecule has 5 heteroatoms. The molecule has 0 amide bonds. The van der Waals surface area contributed by atoms with E-state index in [4.69, 9.17) is 22.1 Å². The maximum Gasteiger partial charge on any atom is 0.340 e. The van der Waals surface area contributed by atoms with Gasteiger partial charge in [0.2, 0.25) is 0 Å². The van der Waals surface area contributed by atoms with Crippen molar-refractivity contribution in [2.24, 2.45) is 0 Å². The highest BCUT2D eigenvalue weighted by Gasteiger charge is 2.13. The van der Waals surface area contributed by atoms with Crippen LogP contribution in [0.15, 0.2) is 46.9 Å². The fourth-order valence-corrected chi connectivity index (χ4v) is 2.15. The van der Waals surface area contributed by atoms with Crippen molar-refractivity contribution in [1.29, 1.82) is 0 Å². The lowest BCUT2D eigenvalue weighted by atomic mass is 10.2. The summed E-state index contributed by atoms with van der Waals surface area (Å²) in [7, 11) is 0. The molecule has 0 radical (unpaired) electrons. The first-order chi connectivity index (χ1) is 9.08. The van der Waals surface area contributed by atoms with E-state index in [2.05, 4.69) is 15.9 Å². The Labute approximate surface area is 124 Å². The average molecular weight is 341 g/mol. The van der Waals surface area contributed by atoms with Gasteiger partial charge in [-0.05, 0) is 45.8 Å². The number of carbonyl (C=O) groups is 1. The smallest absolute Gasteiger partial charge is 0.340 e. The summed E-state index contributed by atoms with van der Waals surface area (Å²) >= 11 is 9.13. The first kappa shape index (κ1) is 13.9. The molecule has 0 bridgehead atoms. The van der Waals surface area contributed by atoms with Crippen molar-refractivity contribution >= 4 is 39.2 Å². The summed E-state index contributed by atoms with van der Waals surface area (Å²) in [5.74, 6) is -0.459. The van der Waals surface area contributed by atoms with Crippen LogP contribution in [0, 0.1) is 0 Å². The van der Waals surface area contributed by atoms with Gasteiger partial charge >= 0.3 is 5.97 Å². The number of carbonyl (C=O) groups excluding carboxylic acids is 1. The number of ether oxygens (including phenoxy) is 1. The number of para-hydroxylation sites is 1. The predicted octanol–water partition coefficient (Wildman–Crippen LogP) is 4.04. The van der Waals surface area contributed by atoms with Crippen LogP contribution in [0.3, 0.4) is 0 Å². The average Bonchev–Trinajstić information content (AvgIpc) is 2.39. The largest absolute Gasteiger partial charge is 0.457 e. The molecule has 19 heavy (non-hydrogen) atoms. The van der Waals surface area contributed by atoms with Crippen LogP contribution in [0.2, 0.25) is 5.02 Å². The highest BCUT2D eigenvalue weighted by atomic mass is 79.9. The molecular weight excluding hydrogens is 330 g/mol. The van der Waals surface area contributed by atoms with Crippen molar-refractivity contribution in [2.75, 3.05) is 5.73 Å². The molecule has 2 N–H and O–H groups in total. The number of nitrogens with two attached hydrogens (primary N) is 1. The standard InChI is InChI=1S/C14H11BrClNO2/c15-12-6-2-5-11(13(12)17)14(18)19-8-9-3-1-4-10(16)7-9/h1-7H,8,17H2. The van der Waals surface area contributed by atoms with E-state index in [1.807, 2.05) is 6.07 Å². The van der Waals surface area contributed by atoms with Gasteiger partial charge in [-0.1, -0.05) is 29.8 Å². The molecule has 2 rings (SSSR count). The van der Waals surface area contributed by atoms with Crippen molar-refractivity contribution in [1.82, 2.24) is 0 Å². The molecule has 0 aliphatic rings. The Balaban J connectivity index is 2.08. The van der Waals surface area contributed by atoms with Gasteiger partial charge in [-0.3, -0.25) is 0 Å². The van der Waals surface area contributed by atoms with Crippen molar-refractivity contribution in [3.05, 3.63) is 63.1 Å². The molecule has 0 spiro atoms. The van der Waals surface area contributed by atoms with Gasteiger partial charge in [-0.15, -0.1) is 0 Å². The Morgan fingerprint density at radius 1 is 1.26 bits per heavy atom. The van der Waals surface area contributed by atoms with Crippen LogP contribution >= 0.6 is 27.5 Å². The van der Waals surface area contributed by atoms with Crippen LogP contribution in [0.25, 0.3) is 0 Å². The molecule has 2 aromatic carbocycles. The van der Waals surface area contributed by atoms with E-state index >= 15 is 0 Å². The number of hydrogen-bond donors (Lipinski definition) is 1. The molecule has 0 saturated carbocycles. The highest BCUT2D eigenvalue weighted by molar-refractivity contribution is 9.10. The van der Waals surface area contributed by atoms with E-state index in [-0.39, 0.29) is 6.61 Å². The SMILES string of the molecule is Nc1c(Br)cccc1C(=O)OCc1cccc(Cl)c1. The van der Waals surface area contributed by atoms with Crippen LogP contribution in [0.1, 0.15) is 15.9 Å². The van der Waals surface area contributed by atoms with Crippen LogP contribution in [-0.4, -0.2) is 5.97 Å². The first-order valence-electron chi connectivity index (χ1n) is 5.53. The van der Waals surface area contributed by atoms with E-state index in [1.165, 1.54) is 0 Å². The molecule has 0 atom stereocenters. The zero-order chi connectivity index (χ0) is 13.8. The molecule has 0 heterocycles. The zero-order valence-electron chi connectivity index (χ0n) is 9.90. The van der Waals surface area contributed by atoms with Gasteiger partial charge in [-0.2, -0.15) is 0 Å². The minimum Gasteiger partial charge on any atom is -0.457 e. The first-order valence-corrected chi connectivity index (χ1v) is 6.70. The van der Waals surface area contributed by atoms with Crippen molar-refractivity contribution in [3.63, 3.8) is 0 Å². The topological polar surface area (TPSA) is 52.3 Å². The second-order valence-electron chi connectivity index (χ2n) is 3.91. The summed E-state index contributed by atoms with van der Waals surface area (Å²) in [6, 6.07) is 12.3. The second-order valence-corrected chi connectivity index (χ2v) is 5.20. The molecule has 2 aromatic rings. The number of halogens is 2. The lowest BCUT2D eigenvalue weighted by Crippen LogP contribution is -2.08. The summed E-state index contributed by atoms with van der Waals surface area (Å²) in [4.78, 5) is 11.9. The van der Waals surface area contributed by atoms with Gasteiger partial charge in [0, 0.05) is 9.50 Å². The summed E-state index contributed by atoms with van der Waals surface area (Å²) < 4.78 is 5.88. The van der Waals surface area contributed by atoms with E-state index in [1.54, 1.807) is 36.4 Å². The minimum absolute atomic E-state index is 0.158. The Hall–Kier alpha value is -1.52. The molecule has 0 fully saturated rings. The highest BCUT2D eigenvalue weighted by Crippen LogP contribution is 2.24. The number of rotatable bonds is 3. The summed E-state index contributed by atoms with van der Waals surface area (Å²) in [6.45, 7) is 0.158. The molecule has 0 aromatic heterocycles. The lowest BCUT2D eigenvalue weighted by molar-refractivity contribution is 0.0474. The van der Waals surface area contributed by atoms with Gasteiger partial charge in [0.15, 0.2) is 0 Å². The molecule has 0 unspecified atom stereocenters. The fraction of sp³-hybridized carbons (Fsp3) is 0.0714. The van der Waals surface area contributed by atoms with Crippen LogP contribution in [-0.2, 0) is 11.3 Å². The maximum atomic E-state index is 11.9. The molecule has 0 aliphatic heterocycles. The Bertz CT molecular complexity index is 616. The maximum absolute atomic E-state index is 11.9. The number of esters is 1. The van der Waals surface area contributed by atoms with Gasteiger partial charge < -0.3 is 10.5 Å². The van der Waals surface area contributed by atoms with Crippen LogP contribution in [0.4, 0.5) is 5.69 Å². The van der Waals surface area contributed by atoms with Crippen molar-refractivity contribution in [2.45, 2.75) is 6.61 Å². The quantitative estimate of drug-likeness (QED) is 0.677. The van der Waals surface area contributed by atoms with Gasteiger partial charge in [0.25, 0.3) is 0 Å². The normalized spacial score (nSPS) is 10.2. The predicted molar refractivity (Wildman–Crippen MR) is 79.1 cm³/mol. The van der Waals surface area contributed by atoms with Crippen LogP contribution in [0.5, 0.6) is 0 Å². The van der Waals surface area contributed by atoms with E-state index < -0.39 is 5.97 Å². The monoisotopic (exact) mass is 339 g/mol. The summed E-state index contributed by atoms with van der Waals surface area (Å²) in [5.41, 5.74) is 7.35. The molecule has 98 valence electrons.